The van der Waals surface area contributed by atoms with Gasteiger partial charge in [0.25, 0.3) is 0 Å². The molecule has 0 saturated carbocycles. The van der Waals surface area contributed by atoms with E-state index in [2.05, 4.69) is 12.0 Å². The summed E-state index contributed by atoms with van der Waals surface area (Å²) in [6.07, 6.45) is 2.02. The zero-order valence-electron chi connectivity index (χ0n) is 9.23. The number of carboxylic acid groups (broad SMARTS) is 1. The summed E-state index contributed by atoms with van der Waals surface area (Å²) in [4.78, 5) is 22.3. The van der Waals surface area contributed by atoms with Gasteiger partial charge in [0, 0.05) is 6.54 Å². The highest BCUT2D eigenvalue weighted by atomic mass is 16.6. The number of carbonyl (C=O) groups is 2. The van der Waals surface area contributed by atoms with E-state index in [1.807, 2.05) is 0 Å². The summed E-state index contributed by atoms with van der Waals surface area (Å²) in [6.45, 7) is 5.59. The van der Waals surface area contributed by atoms with Crippen molar-refractivity contribution < 1.29 is 19.4 Å². The number of carbonyl (C=O) groups excluding carboxylic acids is 1. The lowest BCUT2D eigenvalue weighted by molar-refractivity contribution is -0.150. The summed E-state index contributed by atoms with van der Waals surface area (Å²) < 4.78 is 4.72. The fourth-order valence-electron chi connectivity index (χ4n) is 1.64. The van der Waals surface area contributed by atoms with E-state index in [1.165, 1.54) is 11.1 Å². The van der Waals surface area contributed by atoms with Crippen LogP contribution in [0.25, 0.3) is 0 Å². The molecule has 1 amide bonds. The molecule has 0 aromatic carbocycles. The average molecular weight is 228 g/mol. The molecule has 16 heavy (non-hydrogen) atoms. The Balaban J connectivity index is 2.56. The van der Waals surface area contributed by atoms with Gasteiger partial charge in [0.2, 0.25) is 0 Å². The molecule has 90 valence electrons. The SMILES string of the molecule is C=CCOC(=O)NN1CCC[C@@]1(C)C(=O)O. The van der Waals surface area contributed by atoms with Crippen molar-refractivity contribution >= 4 is 12.1 Å². The Labute approximate surface area is 93.8 Å². The number of nitrogens with zero attached hydrogens (tertiary/aromatic N) is 1. The van der Waals surface area contributed by atoms with Crippen LogP contribution in [0, 0.1) is 0 Å². The molecule has 1 saturated heterocycles. The maximum atomic E-state index is 11.3. The van der Waals surface area contributed by atoms with E-state index < -0.39 is 17.6 Å². The van der Waals surface area contributed by atoms with Crippen LogP contribution >= 0.6 is 0 Å². The van der Waals surface area contributed by atoms with Gasteiger partial charge in [-0.05, 0) is 19.8 Å². The van der Waals surface area contributed by atoms with Gasteiger partial charge in [-0.3, -0.25) is 10.2 Å². The largest absolute Gasteiger partial charge is 0.480 e. The molecular formula is C10H16N2O4. The predicted molar refractivity (Wildman–Crippen MR) is 56.7 cm³/mol. The average Bonchev–Trinajstić information content (AvgIpc) is 2.59. The van der Waals surface area contributed by atoms with Crippen molar-refractivity contribution in [2.24, 2.45) is 0 Å². The Morgan fingerprint density at radius 1 is 1.69 bits per heavy atom. The number of carboxylic acids is 1. The Morgan fingerprint density at radius 2 is 2.38 bits per heavy atom. The van der Waals surface area contributed by atoms with Gasteiger partial charge in [0.15, 0.2) is 0 Å². The molecule has 1 heterocycles. The van der Waals surface area contributed by atoms with Gasteiger partial charge in [0.1, 0.15) is 12.1 Å². The molecule has 1 fully saturated rings. The van der Waals surface area contributed by atoms with Crippen molar-refractivity contribution in [2.75, 3.05) is 13.2 Å². The minimum Gasteiger partial charge on any atom is -0.480 e. The van der Waals surface area contributed by atoms with Gasteiger partial charge >= 0.3 is 12.1 Å². The lowest BCUT2D eigenvalue weighted by Gasteiger charge is -2.30. The monoisotopic (exact) mass is 228 g/mol. The van der Waals surface area contributed by atoms with Crippen LogP contribution in [-0.2, 0) is 9.53 Å². The van der Waals surface area contributed by atoms with E-state index in [-0.39, 0.29) is 6.61 Å². The Morgan fingerprint density at radius 3 is 2.94 bits per heavy atom. The van der Waals surface area contributed by atoms with Crippen molar-refractivity contribution in [1.29, 1.82) is 0 Å². The van der Waals surface area contributed by atoms with Crippen LogP contribution in [0.15, 0.2) is 12.7 Å². The highest BCUT2D eigenvalue weighted by Crippen LogP contribution is 2.27. The Bertz CT molecular complexity index is 305. The minimum atomic E-state index is -1.05. The smallest absolute Gasteiger partial charge is 0.422 e. The van der Waals surface area contributed by atoms with Gasteiger partial charge in [-0.25, -0.2) is 9.80 Å². The van der Waals surface area contributed by atoms with E-state index in [0.29, 0.717) is 13.0 Å². The third-order valence-electron chi connectivity index (χ3n) is 2.66. The molecule has 0 radical (unpaired) electrons. The number of amides is 1. The van der Waals surface area contributed by atoms with Gasteiger partial charge in [0.05, 0.1) is 0 Å². The molecule has 0 aromatic rings. The summed E-state index contributed by atoms with van der Waals surface area (Å²) in [5.74, 6) is -0.950. The molecule has 0 spiro atoms. The second-order valence-electron chi connectivity index (χ2n) is 3.83. The van der Waals surface area contributed by atoms with E-state index in [9.17, 15) is 9.59 Å². The van der Waals surface area contributed by atoms with Crippen molar-refractivity contribution in [2.45, 2.75) is 25.3 Å². The first-order chi connectivity index (χ1) is 7.50. The molecule has 0 aliphatic carbocycles. The summed E-state index contributed by atoms with van der Waals surface area (Å²) >= 11 is 0. The Hall–Kier alpha value is -1.56. The van der Waals surface area contributed by atoms with Crippen molar-refractivity contribution in [1.82, 2.24) is 10.4 Å². The highest BCUT2D eigenvalue weighted by molar-refractivity contribution is 5.79. The zero-order valence-corrected chi connectivity index (χ0v) is 9.23. The lowest BCUT2D eigenvalue weighted by Crippen LogP contribution is -2.56. The first-order valence-corrected chi connectivity index (χ1v) is 5.06. The number of hydrazine groups is 1. The van der Waals surface area contributed by atoms with Crippen LogP contribution in [0.5, 0.6) is 0 Å². The van der Waals surface area contributed by atoms with Crippen LogP contribution in [0.4, 0.5) is 4.79 Å². The third kappa shape index (κ3) is 2.52. The number of ether oxygens (including phenoxy) is 1. The molecule has 1 aliphatic rings. The molecule has 1 rings (SSSR count). The maximum Gasteiger partial charge on any atom is 0.422 e. The second-order valence-corrected chi connectivity index (χ2v) is 3.83. The van der Waals surface area contributed by atoms with E-state index >= 15 is 0 Å². The zero-order chi connectivity index (χ0) is 12.2. The molecular weight excluding hydrogens is 212 g/mol. The van der Waals surface area contributed by atoms with Crippen molar-refractivity contribution in [3.8, 4) is 0 Å². The first kappa shape index (κ1) is 12.5. The van der Waals surface area contributed by atoms with Crippen molar-refractivity contribution in [3.63, 3.8) is 0 Å². The number of aliphatic carboxylic acids is 1. The fraction of sp³-hybridized carbons (Fsp3) is 0.600. The second kappa shape index (κ2) is 4.98. The number of nitrogens with one attached hydrogen (secondary N) is 1. The molecule has 1 aliphatic heterocycles. The summed E-state index contributed by atoms with van der Waals surface area (Å²) in [6, 6.07) is 0. The van der Waals surface area contributed by atoms with Crippen LogP contribution in [0.2, 0.25) is 0 Å². The topological polar surface area (TPSA) is 78.9 Å². The van der Waals surface area contributed by atoms with E-state index in [0.717, 1.165) is 6.42 Å². The van der Waals surface area contributed by atoms with E-state index in [4.69, 9.17) is 9.84 Å². The van der Waals surface area contributed by atoms with Gasteiger partial charge in [-0.1, -0.05) is 12.7 Å². The number of hydrogen-bond acceptors (Lipinski definition) is 4. The van der Waals surface area contributed by atoms with E-state index in [1.54, 1.807) is 6.92 Å². The van der Waals surface area contributed by atoms with Crippen LogP contribution in [-0.4, -0.2) is 40.9 Å². The van der Waals surface area contributed by atoms with Crippen LogP contribution < -0.4 is 5.43 Å². The highest BCUT2D eigenvalue weighted by Gasteiger charge is 2.44. The predicted octanol–water partition coefficient (Wildman–Crippen LogP) is 0.753. The molecule has 2 N–H and O–H groups in total. The number of hydrogen-bond donors (Lipinski definition) is 2. The molecule has 1 atom stereocenters. The first-order valence-electron chi connectivity index (χ1n) is 5.06. The standard InChI is InChI=1S/C10H16N2O4/c1-3-7-16-9(15)11-12-6-4-5-10(12,2)8(13)14/h3H,1,4-7H2,2H3,(H,11,15)(H,13,14)/t10-/m0/s1. The van der Waals surface area contributed by atoms with Gasteiger partial charge < -0.3 is 9.84 Å². The molecule has 0 aromatic heterocycles. The van der Waals surface area contributed by atoms with Crippen LogP contribution in [0.1, 0.15) is 19.8 Å². The minimum absolute atomic E-state index is 0.101. The quantitative estimate of drug-likeness (QED) is 0.694. The normalized spacial score (nSPS) is 25.1. The summed E-state index contributed by atoms with van der Waals surface area (Å²) in [5.41, 5.74) is 1.38. The van der Waals surface area contributed by atoms with Crippen LogP contribution in [0.3, 0.4) is 0 Å². The summed E-state index contributed by atoms with van der Waals surface area (Å²) in [5, 5.41) is 10.5. The maximum absolute atomic E-state index is 11.3. The molecule has 0 bridgehead atoms. The molecule has 6 heteroatoms. The lowest BCUT2D eigenvalue weighted by atomic mass is 10.0. The Kier molecular flexibility index (Phi) is 3.89. The summed E-state index contributed by atoms with van der Waals surface area (Å²) in [7, 11) is 0. The van der Waals surface area contributed by atoms with Crippen molar-refractivity contribution in [3.05, 3.63) is 12.7 Å². The molecule has 0 unspecified atom stereocenters. The van der Waals surface area contributed by atoms with Gasteiger partial charge in [-0.2, -0.15) is 0 Å². The molecule has 6 nitrogen and oxygen atoms in total. The van der Waals surface area contributed by atoms with Gasteiger partial charge in [-0.15, -0.1) is 0 Å². The third-order valence-corrected chi connectivity index (χ3v) is 2.66. The number of rotatable bonds is 4. The fourth-order valence-corrected chi connectivity index (χ4v) is 1.64.